The van der Waals surface area contributed by atoms with Gasteiger partial charge in [-0.3, -0.25) is 15.2 Å². The number of anilines is 1. The summed E-state index contributed by atoms with van der Waals surface area (Å²) in [7, 11) is 0. The van der Waals surface area contributed by atoms with Crippen LogP contribution < -0.4 is 10.7 Å². The van der Waals surface area contributed by atoms with Gasteiger partial charge in [-0.2, -0.15) is 5.10 Å². The average molecular weight is 340 g/mol. The summed E-state index contributed by atoms with van der Waals surface area (Å²) < 4.78 is 0. The first-order valence-electron chi connectivity index (χ1n) is 7.55. The molecule has 6 nitrogen and oxygen atoms in total. The highest BCUT2D eigenvalue weighted by atomic mass is 35.5. The van der Waals surface area contributed by atoms with E-state index in [1.54, 1.807) is 18.5 Å². The van der Waals surface area contributed by atoms with E-state index in [4.69, 9.17) is 11.6 Å². The quantitative estimate of drug-likeness (QED) is 0.627. The number of H-pyrrole nitrogens is 1. The van der Waals surface area contributed by atoms with E-state index in [0.29, 0.717) is 23.7 Å². The van der Waals surface area contributed by atoms with E-state index < -0.39 is 0 Å². The number of halogens is 1. The smallest absolute Gasteiger partial charge is 0.268 e. The summed E-state index contributed by atoms with van der Waals surface area (Å²) in [5, 5.41) is 8.90. The Labute approximate surface area is 142 Å². The lowest BCUT2D eigenvalue weighted by molar-refractivity contribution is 0.0952. The van der Waals surface area contributed by atoms with Crippen LogP contribution in [0.3, 0.4) is 0 Å². The van der Waals surface area contributed by atoms with Crippen LogP contribution in [0.2, 0.25) is 5.02 Å². The molecule has 1 aliphatic heterocycles. The summed E-state index contributed by atoms with van der Waals surface area (Å²) in [6, 6.07) is 9.22. The minimum Gasteiger partial charge on any atom is -0.350 e. The molecule has 3 N–H and O–H groups in total. The van der Waals surface area contributed by atoms with Crippen LogP contribution in [0.15, 0.2) is 47.8 Å². The Morgan fingerprint density at radius 1 is 1.29 bits per heavy atom. The van der Waals surface area contributed by atoms with Gasteiger partial charge in [-0.1, -0.05) is 11.6 Å². The molecule has 0 saturated carbocycles. The zero-order valence-electron chi connectivity index (χ0n) is 12.6. The number of pyridine rings is 1. The maximum absolute atomic E-state index is 12.3. The number of hydrogen-bond acceptors (Lipinski definition) is 4. The number of aromatic amines is 1. The number of benzene rings is 1. The second kappa shape index (κ2) is 5.98. The SMILES string of the molecule is O=C1NCCC(=NNc2cccnc2)c2c1[nH]c1ccc(Cl)cc21. The van der Waals surface area contributed by atoms with Gasteiger partial charge in [0.05, 0.1) is 17.6 Å². The number of hydrogen-bond donors (Lipinski definition) is 3. The monoisotopic (exact) mass is 339 g/mol. The summed E-state index contributed by atoms with van der Waals surface area (Å²) in [4.78, 5) is 19.5. The molecule has 0 unspecified atom stereocenters. The van der Waals surface area contributed by atoms with Crippen LogP contribution >= 0.6 is 11.6 Å². The van der Waals surface area contributed by atoms with Crippen LogP contribution in [-0.4, -0.2) is 28.1 Å². The molecule has 0 atom stereocenters. The van der Waals surface area contributed by atoms with Crippen LogP contribution in [0.4, 0.5) is 5.69 Å². The highest BCUT2D eigenvalue weighted by Gasteiger charge is 2.25. The van der Waals surface area contributed by atoms with E-state index in [9.17, 15) is 4.79 Å². The summed E-state index contributed by atoms with van der Waals surface area (Å²) in [6.07, 6.45) is 4.01. The Hall–Kier alpha value is -2.86. The molecule has 0 saturated heterocycles. The Balaban J connectivity index is 1.84. The molecule has 3 aromatic rings. The number of carbonyl (C=O) groups excluding carboxylic acids is 1. The lowest BCUT2D eigenvalue weighted by atomic mass is 10.0. The molecule has 1 aliphatic rings. The zero-order chi connectivity index (χ0) is 16.5. The number of amides is 1. The van der Waals surface area contributed by atoms with Crippen molar-refractivity contribution in [3.8, 4) is 0 Å². The van der Waals surface area contributed by atoms with Crippen molar-refractivity contribution in [2.45, 2.75) is 6.42 Å². The van der Waals surface area contributed by atoms with E-state index in [2.05, 4.69) is 25.8 Å². The molecule has 0 spiro atoms. The van der Waals surface area contributed by atoms with E-state index in [1.807, 2.05) is 24.3 Å². The molecule has 0 radical (unpaired) electrons. The molecule has 4 rings (SSSR count). The Morgan fingerprint density at radius 2 is 2.21 bits per heavy atom. The maximum atomic E-state index is 12.3. The third-order valence-electron chi connectivity index (χ3n) is 3.91. The average Bonchev–Trinajstić information content (AvgIpc) is 2.89. The Bertz CT molecular complexity index is 948. The van der Waals surface area contributed by atoms with Gasteiger partial charge >= 0.3 is 0 Å². The van der Waals surface area contributed by atoms with Crippen LogP contribution in [0.1, 0.15) is 22.5 Å². The zero-order valence-corrected chi connectivity index (χ0v) is 13.4. The van der Waals surface area contributed by atoms with Crippen molar-refractivity contribution >= 4 is 39.8 Å². The molecule has 120 valence electrons. The van der Waals surface area contributed by atoms with Gasteiger partial charge in [0.1, 0.15) is 5.69 Å². The topological polar surface area (TPSA) is 82.2 Å². The normalized spacial score (nSPS) is 15.9. The first kappa shape index (κ1) is 14.7. The highest BCUT2D eigenvalue weighted by Crippen LogP contribution is 2.28. The van der Waals surface area contributed by atoms with Gasteiger partial charge in [-0.15, -0.1) is 0 Å². The molecule has 7 heteroatoms. The van der Waals surface area contributed by atoms with Crippen molar-refractivity contribution in [1.29, 1.82) is 0 Å². The fourth-order valence-corrected chi connectivity index (χ4v) is 2.99. The molecule has 3 heterocycles. The van der Waals surface area contributed by atoms with Crippen molar-refractivity contribution < 1.29 is 4.79 Å². The largest absolute Gasteiger partial charge is 0.350 e. The molecule has 0 bridgehead atoms. The molecular weight excluding hydrogens is 326 g/mol. The van der Waals surface area contributed by atoms with Gasteiger partial charge in [0.15, 0.2) is 0 Å². The van der Waals surface area contributed by atoms with Crippen LogP contribution in [-0.2, 0) is 0 Å². The van der Waals surface area contributed by atoms with E-state index >= 15 is 0 Å². The number of hydrazone groups is 1. The molecular formula is C17H14ClN5O. The summed E-state index contributed by atoms with van der Waals surface area (Å²) in [5.74, 6) is -0.135. The molecule has 24 heavy (non-hydrogen) atoms. The third kappa shape index (κ3) is 2.61. The van der Waals surface area contributed by atoms with Gasteiger partial charge in [0.2, 0.25) is 0 Å². The van der Waals surface area contributed by atoms with Crippen LogP contribution in [0.5, 0.6) is 0 Å². The lowest BCUT2D eigenvalue weighted by Gasteiger charge is -2.05. The number of rotatable bonds is 2. The fraction of sp³-hybridized carbons (Fsp3) is 0.118. The van der Waals surface area contributed by atoms with E-state index in [0.717, 1.165) is 27.9 Å². The van der Waals surface area contributed by atoms with Gasteiger partial charge < -0.3 is 10.3 Å². The van der Waals surface area contributed by atoms with E-state index in [1.165, 1.54) is 0 Å². The fourth-order valence-electron chi connectivity index (χ4n) is 2.81. The van der Waals surface area contributed by atoms with E-state index in [-0.39, 0.29) is 5.91 Å². The standard InChI is InChI=1S/C17H14ClN5O/c18-10-3-4-13-12(8-10)15-14(5-7-20-17(24)16(15)21-13)23-22-11-2-1-6-19-9-11/h1-4,6,8-9,21-22H,5,7H2,(H,20,24). The van der Waals surface area contributed by atoms with Crippen molar-refractivity contribution in [3.05, 3.63) is 59.0 Å². The predicted octanol–water partition coefficient (Wildman–Crippen LogP) is 3.17. The highest BCUT2D eigenvalue weighted by molar-refractivity contribution is 6.32. The Morgan fingerprint density at radius 3 is 3.04 bits per heavy atom. The van der Waals surface area contributed by atoms with Crippen LogP contribution in [0.25, 0.3) is 10.9 Å². The van der Waals surface area contributed by atoms with Crippen molar-refractivity contribution in [3.63, 3.8) is 0 Å². The predicted molar refractivity (Wildman–Crippen MR) is 94.7 cm³/mol. The van der Waals surface area contributed by atoms with Crippen molar-refractivity contribution in [1.82, 2.24) is 15.3 Å². The summed E-state index contributed by atoms with van der Waals surface area (Å²) in [6.45, 7) is 0.525. The lowest BCUT2D eigenvalue weighted by Crippen LogP contribution is -2.23. The third-order valence-corrected chi connectivity index (χ3v) is 4.14. The number of carbonyl (C=O) groups is 1. The van der Waals surface area contributed by atoms with Gasteiger partial charge in [-0.05, 0) is 30.3 Å². The van der Waals surface area contributed by atoms with Crippen molar-refractivity contribution in [2.75, 3.05) is 12.0 Å². The molecule has 0 aliphatic carbocycles. The summed E-state index contributed by atoms with van der Waals surface area (Å²) in [5.41, 5.74) is 6.74. The molecule has 1 aromatic carbocycles. The van der Waals surface area contributed by atoms with Crippen LogP contribution in [0, 0.1) is 0 Å². The molecule has 0 fully saturated rings. The number of nitrogens with zero attached hydrogens (tertiary/aromatic N) is 2. The Kier molecular flexibility index (Phi) is 3.66. The molecule has 1 amide bonds. The first-order chi connectivity index (χ1) is 11.7. The number of fused-ring (bicyclic) bond motifs is 3. The summed E-state index contributed by atoms with van der Waals surface area (Å²) >= 11 is 6.14. The van der Waals surface area contributed by atoms with Gasteiger partial charge in [0.25, 0.3) is 5.91 Å². The number of aromatic nitrogens is 2. The minimum absolute atomic E-state index is 0.135. The number of nitrogens with one attached hydrogen (secondary N) is 3. The first-order valence-corrected chi connectivity index (χ1v) is 7.92. The molecule has 2 aromatic heterocycles. The second-order valence-corrected chi connectivity index (χ2v) is 5.92. The second-order valence-electron chi connectivity index (χ2n) is 5.48. The minimum atomic E-state index is -0.135. The van der Waals surface area contributed by atoms with Gasteiger partial charge in [0, 0.05) is 40.7 Å². The van der Waals surface area contributed by atoms with Crippen molar-refractivity contribution in [2.24, 2.45) is 5.10 Å². The maximum Gasteiger partial charge on any atom is 0.268 e. The van der Waals surface area contributed by atoms with Gasteiger partial charge in [-0.25, -0.2) is 0 Å².